The zero-order valence-corrected chi connectivity index (χ0v) is 17.9. The van der Waals surface area contributed by atoms with Gasteiger partial charge in [-0.2, -0.15) is 0 Å². The van der Waals surface area contributed by atoms with Crippen LogP contribution in [0.2, 0.25) is 0 Å². The van der Waals surface area contributed by atoms with Crippen LogP contribution >= 0.6 is 15.9 Å². The quantitative estimate of drug-likeness (QED) is 0.420. The van der Waals surface area contributed by atoms with E-state index in [4.69, 9.17) is 0 Å². The number of nitrogens with one attached hydrogen (secondary N) is 1. The van der Waals surface area contributed by atoms with Crippen molar-refractivity contribution in [1.29, 1.82) is 0 Å². The van der Waals surface area contributed by atoms with E-state index in [0.29, 0.717) is 17.1 Å². The van der Waals surface area contributed by atoms with Gasteiger partial charge in [0.05, 0.1) is 5.69 Å². The molecule has 4 aromatic rings. The Hall–Kier alpha value is -3.32. The highest BCUT2D eigenvalue weighted by Gasteiger charge is 2.19. The van der Waals surface area contributed by atoms with Crippen molar-refractivity contribution in [2.24, 2.45) is 0 Å². The standard InChI is InChI=1S/C23H18BrFN4O/c1-14-6-11-20(12-15(14)2)29-22(16-7-9-18(25)10-8-16)27-21(28-29)23(30)26-19-5-3-4-17(24)13-19/h3-13H,1-2H3,(H,26,30). The van der Waals surface area contributed by atoms with Gasteiger partial charge in [-0.05, 0) is 79.6 Å². The zero-order chi connectivity index (χ0) is 21.3. The molecule has 0 saturated heterocycles. The highest BCUT2D eigenvalue weighted by Crippen LogP contribution is 2.24. The largest absolute Gasteiger partial charge is 0.319 e. The predicted molar refractivity (Wildman–Crippen MR) is 118 cm³/mol. The number of rotatable bonds is 4. The first-order chi connectivity index (χ1) is 14.4. The predicted octanol–water partition coefficient (Wildman–Crippen LogP) is 5.71. The molecule has 0 unspecified atom stereocenters. The summed E-state index contributed by atoms with van der Waals surface area (Å²) in [6, 6.07) is 19.1. The second-order valence-corrected chi connectivity index (χ2v) is 7.83. The minimum atomic E-state index is -0.431. The Bertz CT molecular complexity index is 1230. The molecule has 3 aromatic carbocycles. The number of carbonyl (C=O) groups is 1. The van der Waals surface area contributed by atoms with E-state index in [-0.39, 0.29) is 11.6 Å². The van der Waals surface area contributed by atoms with Gasteiger partial charge in [-0.25, -0.2) is 14.1 Å². The van der Waals surface area contributed by atoms with E-state index in [1.165, 1.54) is 12.1 Å². The number of halogens is 2. The molecule has 4 rings (SSSR count). The molecule has 150 valence electrons. The number of hydrogen-bond donors (Lipinski definition) is 1. The Morgan fingerprint density at radius 1 is 1.00 bits per heavy atom. The first kappa shape index (κ1) is 20.0. The summed E-state index contributed by atoms with van der Waals surface area (Å²) in [7, 11) is 0. The summed E-state index contributed by atoms with van der Waals surface area (Å²) in [5.41, 5.74) is 4.29. The summed E-state index contributed by atoms with van der Waals surface area (Å²) >= 11 is 3.39. The van der Waals surface area contributed by atoms with E-state index in [0.717, 1.165) is 21.3 Å². The van der Waals surface area contributed by atoms with E-state index in [1.807, 2.05) is 44.2 Å². The van der Waals surface area contributed by atoms with Gasteiger partial charge in [-0.3, -0.25) is 4.79 Å². The van der Waals surface area contributed by atoms with Crippen LogP contribution in [0.3, 0.4) is 0 Å². The van der Waals surface area contributed by atoms with Crippen molar-refractivity contribution in [3.8, 4) is 17.1 Å². The van der Waals surface area contributed by atoms with Gasteiger partial charge < -0.3 is 5.32 Å². The van der Waals surface area contributed by atoms with Gasteiger partial charge in [0.2, 0.25) is 5.82 Å². The maximum absolute atomic E-state index is 13.4. The number of anilines is 1. The minimum absolute atomic E-state index is 0.0209. The van der Waals surface area contributed by atoms with Crippen LogP contribution in [-0.2, 0) is 0 Å². The average Bonchev–Trinajstić information content (AvgIpc) is 3.16. The Kier molecular flexibility index (Phi) is 5.46. The van der Waals surface area contributed by atoms with Gasteiger partial charge in [-0.1, -0.05) is 28.1 Å². The average molecular weight is 465 g/mol. The zero-order valence-electron chi connectivity index (χ0n) is 16.4. The summed E-state index contributed by atoms with van der Waals surface area (Å²) in [6.07, 6.45) is 0. The molecule has 0 aliphatic carbocycles. The molecular weight excluding hydrogens is 447 g/mol. The monoisotopic (exact) mass is 464 g/mol. The SMILES string of the molecule is Cc1ccc(-n2nc(C(=O)Nc3cccc(Br)c3)nc2-c2ccc(F)cc2)cc1C. The number of carbonyl (C=O) groups excluding carboxylic acids is 1. The van der Waals surface area contributed by atoms with E-state index < -0.39 is 5.91 Å². The number of nitrogens with zero attached hydrogens (tertiary/aromatic N) is 3. The first-order valence-corrected chi connectivity index (χ1v) is 10.1. The third-order valence-electron chi connectivity index (χ3n) is 4.73. The molecule has 1 amide bonds. The molecule has 0 aliphatic heterocycles. The molecule has 1 aromatic heterocycles. The molecule has 0 atom stereocenters. The number of aromatic nitrogens is 3. The molecule has 0 bridgehead atoms. The van der Waals surface area contributed by atoms with E-state index >= 15 is 0 Å². The molecule has 1 heterocycles. The van der Waals surface area contributed by atoms with Gasteiger partial charge >= 0.3 is 0 Å². The lowest BCUT2D eigenvalue weighted by atomic mass is 10.1. The summed E-state index contributed by atoms with van der Waals surface area (Å²) < 4.78 is 15.9. The Labute approximate surface area is 181 Å². The van der Waals surface area contributed by atoms with Gasteiger partial charge in [-0.15, -0.1) is 5.10 Å². The lowest BCUT2D eigenvalue weighted by molar-refractivity contribution is 0.101. The van der Waals surface area contributed by atoms with Crippen molar-refractivity contribution in [2.45, 2.75) is 13.8 Å². The van der Waals surface area contributed by atoms with Crippen molar-refractivity contribution in [2.75, 3.05) is 5.32 Å². The van der Waals surface area contributed by atoms with Crippen molar-refractivity contribution < 1.29 is 9.18 Å². The van der Waals surface area contributed by atoms with Crippen LogP contribution in [0.5, 0.6) is 0 Å². The third kappa shape index (κ3) is 4.16. The molecule has 0 fully saturated rings. The Morgan fingerprint density at radius 2 is 1.77 bits per heavy atom. The van der Waals surface area contributed by atoms with Crippen molar-refractivity contribution in [3.05, 3.63) is 94.0 Å². The van der Waals surface area contributed by atoms with Crippen molar-refractivity contribution in [1.82, 2.24) is 14.8 Å². The molecule has 30 heavy (non-hydrogen) atoms. The molecule has 0 radical (unpaired) electrons. The van der Waals surface area contributed by atoms with Gasteiger partial charge in [0.1, 0.15) is 5.82 Å². The maximum Gasteiger partial charge on any atom is 0.295 e. The van der Waals surface area contributed by atoms with Gasteiger partial charge in [0, 0.05) is 15.7 Å². The normalized spacial score (nSPS) is 10.8. The van der Waals surface area contributed by atoms with Crippen LogP contribution in [-0.4, -0.2) is 20.7 Å². The lowest BCUT2D eigenvalue weighted by Gasteiger charge is -2.08. The summed E-state index contributed by atoms with van der Waals surface area (Å²) in [4.78, 5) is 17.3. The third-order valence-corrected chi connectivity index (χ3v) is 5.22. The lowest BCUT2D eigenvalue weighted by Crippen LogP contribution is -2.14. The molecule has 5 nitrogen and oxygen atoms in total. The number of amides is 1. The molecule has 0 saturated carbocycles. The van der Waals surface area contributed by atoms with Crippen LogP contribution in [0.1, 0.15) is 21.7 Å². The van der Waals surface area contributed by atoms with E-state index in [2.05, 4.69) is 31.3 Å². The van der Waals surface area contributed by atoms with Gasteiger partial charge in [0.25, 0.3) is 5.91 Å². The molecule has 0 spiro atoms. The number of benzene rings is 3. The topological polar surface area (TPSA) is 59.8 Å². The fourth-order valence-corrected chi connectivity index (χ4v) is 3.38. The van der Waals surface area contributed by atoms with Crippen molar-refractivity contribution in [3.63, 3.8) is 0 Å². The van der Waals surface area contributed by atoms with Crippen LogP contribution < -0.4 is 5.32 Å². The van der Waals surface area contributed by atoms with Gasteiger partial charge in [0.15, 0.2) is 5.82 Å². The first-order valence-electron chi connectivity index (χ1n) is 9.28. The fraction of sp³-hybridized carbons (Fsp3) is 0.0870. The maximum atomic E-state index is 13.4. The highest BCUT2D eigenvalue weighted by molar-refractivity contribution is 9.10. The number of aryl methyl sites for hydroxylation is 2. The number of hydrogen-bond acceptors (Lipinski definition) is 3. The molecule has 1 N–H and O–H groups in total. The smallest absolute Gasteiger partial charge is 0.295 e. The molecule has 0 aliphatic rings. The second kappa shape index (κ2) is 8.20. The Balaban J connectivity index is 1.77. The van der Waals surface area contributed by atoms with E-state index in [9.17, 15) is 9.18 Å². The van der Waals surface area contributed by atoms with Crippen molar-refractivity contribution >= 4 is 27.5 Å². The van der Waals surface area contributed by atoms with Crippen LogP contribution in [0.15, 0.2) is 71.2 Å². The van der Waals surface area contributed by atoms with Crippen LogP contribution in [0, 0.1) is 19.7 Å². The Morgan fingerprint density at radius 3 is 2.47 bits per heavy atom. The van der Waals surface area contributed by atoms with E-state index in [1.54, 1.807) is 28.9 Å². The summed E-state index contributed by atoms with van der Waals surface area (Å²) in [6.45, 7) is 4.03. The highest BCUT2D eigenvalue weighted by atomic mass is 79.9. The molecule has 7 heteroatoms. The van der Waals surface area contributed by atoms with Crippen LogP contribution in [0.25, 0.3) is 17.1 Å². The fourth-order valence-electron chi connectivity index (χ4n) is 2.98. The molecular formula is C23H18BrFN4O. The summed E-state index contributed by atoms with van der Waals surface area (Å²) in [5.74, 6) is -0.298. The minimum Gasteiger partial charge on any atom is -0.319 e. The summed E-state index contributed by atoms with van der Waals surface area (Å²) in [5, 5.41) is 7.26. The second-order valence-electron chi connectivity index (χ2n) is 6.91. The van der Waals surface area contributed by atoms with Crippen LogP contribution in [0.4, 0.5) is 10.1 Å².